The summed E-state index contributed by atoms with van der Waals surface area (Å²) in [6.45, 7) is 3.37. The maximum absolute atomic E-state index is 13.1. The number of carboxylic acid groups (broad SMARTS) is 1. The lowest BCUT2D eigenvalue weighted by molar-refractivity contribution is 0.0696. The number of hydrogen-bond acceptors (Lipinski definition) is 1. The fraction of sp³-hybridized carbons (Fsp3) is 0.154. The standard InChI is InChI=1S/C13H12FNO2/c1-7-5-9(3-4-11(7)14)12-6-10(13(16)17)8(2)15-12/h3-6,15H,1-2H3,(H,16,17). The number of carbonyl (C=O) groups is 1. The molecule has 1 aromatic carbocycles. The summed E-state index contributed by atoms with van der Waals surface area (Å²) in [7, 11) is 0. The molecule has 0 radical (unpaired) electrons. The predicted molar refractivity (Wildman–Crippen MR) is 62.6 cm³/mol. The molecule has 0 aliphatic rings. The van der Waals surface area contributed by atoms with Crippen LogP contribution in [0.1, 0.15) is 21.6 Å². The molecule has 1 aromatic heterocycles. The third-order valence-corrected chi connectivity index (χ3v) is 2.71. The van der Waals surface area contributed by atoms with E-state index in [0.717, 1.165) is 5.56 Å². The normalized spacial score (nSPS) is 10.5. The van der Waals surface area contributed by atoms with E-state index in [0.29, 0.717) is 17.0 Å². The number of aryl methyl sites for hydroxylation is 2. The Morgan fingerprint density at radius 2 is 2.00 bits per heavy atom. The summed E-state index contributed by atoms with van der Waals surface area (Å²) in [5.74, 6) is -1.24. The average molecular weight is 233 g/mol. The molecule has 0 unspecified atom stereocenters. The molecule has 17 heavy (non-hydrogen) atoms. The van der Waals surface area contributed by atoms with Crippen molar-refractivity contribution in [1.29, 1.82) is 0 Å². The van der Waals surface area contributed by atoms with Crippen molar-refractivity contribution in [2.24, 2.45) is 0 Å². The summed E-state index contributed by atoms with van der Waals surface area (Å²) in [6.07, 6.45) is 0. The van der Waals surface area contributed by atoms with Crippen LogP contribution in [-0.4, -0.2) is 16.1 Å². The topological polar surface area (TPSA) is 53.1 Å². The number of aromatic nitrogens is 1. The van der Waals surface area contributed by atoms with E-state index >= 15 is 0 Å². The highest BCUT2D eigenvalue weighted by molar-refractivity contribution is 5.90. The van der Waals surface area contributed by atoms with Crippen LogP contribution in [0.15, 0.2) is 24.3 Å². The van der Waals surface area contributed by atoms with Gasteiger partial charge < -0.3 is 10.1 Å². The highest BCUT2D eigenvalue weighted by Crippen LogP contribution is 2.23. The van der Waals surface area contributed by atoms with Crippen molar-refractivity contribution in [3.8, 4) is 11.3 Å². The first-order valence-corrected chi connectivity index (χ1v) is 5.18. The van der Waals surface area contributed by atoms with Crippen molar-refractivity contribution in [2.75, 3.05) is 0 Å². The minimum atomic E-state index is -0.969. The first-order chi connectivity index (χ1) is 7.99. The molecule has 0 aliphatic heterocycles. The number of rotatable bonds is 2. The number of hydrogen-bond donors (Lipinski definition) is 2. The molecule has 2 aromatic rings. The highest BCUT2D eigenvalue weighted by Gasteiger charge is 2.12. The van der Waals surface area contributed by atoms with Crippen LogP contribution >= 0.6 is 0 Å². The Morgan fingerprint density at radius 3 is 2.53 bits per heavy atom. The fourth-order valence-electron chi connectivity index (χ4n) is 1.75. The summed E-state index contributed by atoms with van der Waals surface area (Å²) < 4.78 is 13.1. The van der Waals surface area contributed by atoms with Crippen LogP contribution in [0.2, 0.25) is 0 Å². The summed E-state index contributed by atoms with van der Waals surface area (Å²) in [5.41, 5.74) is 2.82. The number of nitrogens with one attached hydrogen (secondary N) is 1. The Hall–Kier alpha value is -2.10. The Labute approximate surface area is 97.9 Å². The molecule has 2 rings (SSSR count). The molecule has 4 heteroatoms. The van der Waals surface area contributed by atoms with Gasteiger partial charge in [0.25, 0.3) is 0 Å². The number of H-pyrrole nitrogens is 1. The predicted octanol–water partition coefficient (Wildman–Crippen LogP) is 3.14. The van der Waals surface area contributed by atoms with Crippen LogP contribution in [0.25, 0.3) is 11.3 Å². The van der Waals surface area contributed by atoms with E-state index in [1.807, 2.05) is 0 Å². The molecule has 0 atom stereocenters. The van der Waals surface area contributed by atoms with E-state index in [-0.39, 0.29) is 11.4 Å². The zero-order valence-corrected chi connectivity index (χ0v) is 9.54. The molecule has 3 nitrogen and oxygen atoms in total. The van der Waals surface area contributed by atoms with Crippen molar-refractivity contribution in [3.05, 3.63) is 46.9 Å². The van der Waals surface area contributed by atoms with Gasteiger partial charge in [0.1, 0.15) is 5.82 Å². The zero-order chi connectivity index (χ0) is 12.6. The van der Waals surface area contributed by atoms with Crippen molar-refractivity contribution in [2.45, 2.75) is 13.8 Å². The van der Waals surface area contributed by atoms with Gasteiger partial charge in [0.05, 0.1) is 5.56 Å². The summed E-state index contributed by atoms with van der Waals surface area (Å²) >= 11 is 0. The van der Waals surface area contributed by atoms with Crippen molar-refractivity contribution in [3.63, 3.8) is 0 Å². The molecular formula is C13H12FNO2. The van der Waals surface area contributed by atoms with E-state index in [1.165, 1.54) is 6.07 Å². The van der Waals surface area contributed by atoms with Gasteiger partial charge in [0.15, 0.2) is 0 Å². The maximum Gasteiger partial charge on any atom is 0.337 e. The molecule has 2 N–H and O–H groups in total. The van der Waals surface area contributed by atoms with E-state index in [4.69, 9.17) is 5.11 Å². The van der Waals surface area contributed by atoms with Crippen molar-refractivity contribution >= 4 is 5.97 Å². The Bertz CT molecular complexity index is 587. The minimum Gasteiger partial charge on any atom is -0.478 e. The van der Waals surface area contributed by atoms with E-state index < -0.39 is 5.97 Å². The van der Waals surface area contributed by atoms with Crippen molar-refractivity contribution in [1.82, 2.24) is 4.98 Å². The van der Waals surface area contributed by atoms with Crippen LogP contribution < -0.4 is 0 Å². The summed E-state index contributed by atoms with van der Waals surface area (Å²) in [4.78, 5) is 13.9. The van der Waals surface area contributed by atoms with Crippen LogP contribution in [0.5, 0.6) is 0 Å². The van der Waals surface area contributed by atoms with Crippen LogP contribution in [0, 0.1) is 19.7 Å². The van der Waals surface area contributed by atoms with Crippen LogP contribution in [0.3, 0.4) is 0 Å². The molecule has 0 bridgehead atoms. The quantitative estimate of drug-likeness (QED) is 0.837. The van der Waals surface area contributed by atoms with Gasteiger partial charge in [-0.25, -0.2) is 9.18 Å². The minimum absolute atomic E-state index is 0.238. The lowest BCUT2D eigenvalue weighted by atomic mass is 10.1. The molecule has 0 amide bonds. The van der Waals surface area contributed by atoms with Gasteiger partial charge in [-0.2, -0.15) is 0 Å². The maximum atomic E-state index is 13.1. The average Bonchev–Trinajstić information content (AvgIpc) is 2.64. The Balaban J connectivity index is 2.50. The second kappa shape index (κ2) is 4.05. The number of aromatic amines is 1. The first-order valence-electron chi connectivity index (χ1n) is 5.18. The molecule has 0 fully saturated rings. The Kier molecular flexibility index (Phi) is 2.71. The van der Waals surface area contributed by atoms with E-state index in [1.54, 1.807) is 32.0 Å². The van der Waals surface area contributed by atoms with Gasteiger partial charge >= 0.3 is 5.97 Å². The third-order valence-electron chi connectivity index (χ3n) is 2.71. The molecule has 88 valence electrons. The molecule has 0 spiro atoms. The monoisotopic (exact) mass is 233 g/mol. The largest absolute Gasteiger partial charge is 0.478 e. The van der Waals surface area contributed by atoms with Crippen LogP contribution in [0.4, 0.5) is 4.39 Å². The first kappa shape index (κ1) is 11.4. The third kappa shape index (κ3) is 2.06. The zero-order valence-electron chi connectivity index (χ0n) is 9.54. The summed E-state index contributed by atoms with van der Waals surface area (Å²) in [5, 5.41) is 8.94. The fourth-order valence-corrected chi connectivity index (χ4v) is 1.75. The lowest BCUT2D eigenvalue weighted by Crippen LogP contribution is -1.95. The lowest BCUT2D eigenvalue weighted by Gasteiger charge is -2.00. The number of aromatic carboxylic acids is 1. The van der Waals surface area contributed by atoms with E-state index in [9.17, 15) is 9.18 Å². The second-order valence-electron chi connectivity index (χ2n) is 3.99. The molecule has 0 aliphatic carbocycles. The van der Waals surface area contributed by atoms with Gasteiger partial charge in [-0.1, -0.05) is 0 Å². The van der Waals surface area contributed by atoms with Gasteiger partial charge in [0.2, 0.25) is 0 Å². The second-order valence-corrected chi connectivity index (χ2v) is 3.99. The van der Waals surface area contributed by atoms with E-state index in [2.05, 4.69) is 4.98 Å². The van der Waals surface area contributed by atoms with Gasteiger partial charge in [-0.05, 0) is 49.2 Å². The number of carboxylic acids is 1. The van der Waals surface area contributed by atoms with Crippen molar-refractivity contribution < 1.29 is 14.3 Å². The Morgan fingerprint density at radius 1 is 1.29 bits per heavy atom. The molecule has 0 saturated carbocycles. The summed E-state index contributed by atoms with van der Waals surface area (Å²) in [6, 6.07) is 6.25. The SMILES string of the molecule is Cc1cc(-c2cc(C(=O)O)c(C)[nH]2)ccc1F. The molecule has 0 saturated heterocycles. The molecular weight excluding hydrogens is 221 g/mol. The smallest absolute Gasteiger partial charge is 0.337 e. The van der Waals surface area contributed by atoms with Gasteiger partial charge in [-0.3, -0.25) is 0 Å². The number of benzene rings is 1. The highest BCUT2D eigenvalue weighted by atomic mass is 19.1. The van der Waals surface area contributed by atoms with Gasteiger partial charge in [-0.15, -0.1) is 0 Å². The number of halogens is 1. The van der Waals surface area contributed by atoms with Crippen LogP contribution in [-0.2, 0) is 0 Å². The van der Waals surface area contributed by atoms with Gasteiger partial charge in [0, 0.05) is 11.4 Å². The molecule has 1 heterocycles.